The number of piperidine rings is 1. The van der Waals surface area contributed by atoms with Crippen molar-refractivity contribution in [2.45, 2.75) is 69.4 Å². The Bertz CT molecular complexity index is 526. The third-order valence-electron chi connectivity index (χ3n) is 5.32. The molecule has 3 fully saturated rings. The minimum atomic E-state index is 0.181. The molecule has 0 atom stereocenters. The van der Waals surface area contributed by atoms with Crippen LogP contribution in [0, 0.1) is 0 Å². The van der Waals surface area contributed by atoms with Gasteiger partial charge in [-0.2, -0.15) is 0 Å². The second-order valence-electron chi connectivity index (χ2n) is 7.12. The molecule has 1 aliphatic heterocycles. The highest BCUT2D eigenvalue weighted by molar-refractivity contribution is 5.78. The predicted octanol–water partition coefficient (Wildman–Crippen LogP) is 2.23. The quantitative estimate of drug-likeness (QED) is 0.906. The Kier molecular flexibility index (Phi) is 3.90. The molecule has 5 nitrogen and oxygen atoms in total. The molecule has 2 saturated carbocycles. The van der Waals surface area contributed by atoms with Crippen molar-refractivity contribution < 1.29 is 9.32 Å². The number of nitrogens with one attached hydrogen (secondary N) is 1. The number of nitrogens with zero attached hydrogens (tertiary/aromatic N) is 2. The molecule has 1 amide bonds. The van der Waals surface area contributed by atoms with Crippen LogP contribution in [0.1, 0.15) is 62.3 Å². The van der Waals surface area contributed by atoms with E-state index in [0.29, 0.717) is 18.4 Å². The summed E-state index contributed by atoms with van der Waals surface area (Å²) < 4.78 is 5.31. The Morgan fingerprint density at radius 2 is 1.91 bits per heavy atom. The first-order valence-corrected chi connectivity index (χ1v) is 8.77. The maximum Gasteiger partial charge on any atom is 0.230 e. The summed E-state index contributed by atoms with van der Waals surface area (Å²) in [7, 11) is 0. The Hall–Kier alpha value is -1.36. The zero-order chi connectivity index (χ0) is 14.9. The van der Waals surface area contributed by atoms with Crippen LogP contribution >= 0.6 is 0 Å². The van der Waals surface area contributed by atoms with Crippen LogP contribution in [-0.4, -0.2) is 41.1 Å². The van der Waals surface area contributed by atoms with Crippen LogP contribution < -0.4 is 5.32 Å². The first-order chi connectivity index (χ1) is 10.8. The van der Waals surface area contributed by atoms with Gasteiger partial charge >= 0.3 is 0 Å². The van der Waals surface area contributed by atoms with Crippen molar-refractivity contribution in [3.63, 3.8) is 0 Å². The van der Waals surface area contributed by atoms with Gasteiger partial charge in [-0.25, -0.2) is 0 Å². The third-order valence-corrected chi connectivity index (χ3v) is 5.32. The monoisotopic (exact) mass is 303 g/mol. The van der Waals surface area contributed by atoms with Crippen molar-refractivity contribution in [3.05, 3.63) is 17.5 Å². The average Bonchev–Trinajstić information content (AvgIpc) is 3.24. The minimum absolute atomic E-state index is 0.181. The van der Waals surface area contributed by atoms with E-state index < -0.39 is 0 Å². The van der Waals surface area contributed by atoms with Crippen molar-refractivity contribution in [3.8, 4) is 0 Å². The van der Waals surface area contributed by atoms with E-state index >= 15 is 0 Å². The van der Waals surface area contributed by atoms with Gasteiger partial charge in [0.25, 0.3) is 0 Å². The molecule has 120 valence electrons. The van der Waals surface area contributed by atoms with Gasteiger partial charge in [0.1, 0.15) is 5.76 Å². The summed E-state index contributed by atoms with van der Waals surface area (Å²) in [5.41, 5.74) is 1.03. The van der Waals surface area contributed by atoms with Crippen LogP contribution in [0.3, 0.4) is 0 Å². The van der Waals surface area contributed by atoms with Gasteiger partial charge in [-0.3, -0.25) is 4.79 Å². The molecule has 5 heteroatoms. The summed E-state index contributed by atoms with van der Waals surface area (Å²) in [5, 5.41) is 7.80. The lowest BCUT2D eigenvalue weighted by molar-refractivity contribution is -0.131. The summed E-state index contributed by atoms with van der Waals surface area (Å²) in [6, 6.07) is 3.31. The van der Waals surface area contributed by atoms with E-state index in [9.17, 15) is 4.79 Å². The van der Waals surface area contributed by atoms with Crippen LogP contribution in [0.15, 0.2) is 10.6 Å². The van der Waals surface area contributed by atoms with E-state index in [4.69, 9.17) is 4.52 Å². The first-order valence-electron chi connectivity index (χ1n) is 8.77. The fourth-order valence-corrected chi connectivity index (χ4v) is 3.45. The summed E-state index contributed by atoms with van der Waals surface area (Å²) >= 11 is 0. The SMILES string of the molecule is O=C(Cc1cc(C2CC2)no1)N1CCC(NC2CCC2)CC1. The van der Waals surface area contributed by atoms with Crippen molar-refractivity contribution in [1.82, 2.24) is 15.4 Å². The zero-order valence-corrected chi connectivity index (χ0v) is 13.1. The van der Waals surface area contributed by atoms with Crippen molar-refractivity contribution >= 4 is 5.91 Å². The molecule has 1 aromatic heterocycles. The lowest BCUT2D eigenvalue weighted by atomic mass is 9.91. The zero-order valence-electron chi connectivity index (χ0n) is 13.1. The molecule has 2 heterocycles. The smallest absolute Gasteiger partial charge is 0.230 e. The molecule has 2 aliphatic carbocycles. The molecule has 1 saturated heterocycles. The van der Waals surface area contributed by atoms with E-state index in [2.05, 4.69) is 10.5 Å². The van der Waals surface area contributed by atoms with E-state index in [1.165, 1.54) is 32.1 Å². The second kappa shape index (κ2) is 6.03. The van der Waals surface area contributed by atoms with E-state index in [0.717, 1.165) is 43.4 Å². The lowest BCUT2D eigenvalue weighted by Gasteiger charge is -2.37. The summed E-state index contributed by atoms with van der Waals surface area (Å²) in [6.07, 6.45) is 8.96. The van der Waals surface area contributed by atoms with Gasteiger partial charge in [-0.05, 0) is 38.5 Å². The standard InChI is InChI=1S/C17H25N3O2/c21-17(11-15-10-16(19-22-15)12-4-5-12)20-8-6-14(7-9-20)18-13-2-1-3-13/h10,12-14,18H,1-9,11H2. The van der Waals surface area contributed by atoms with Crippen LogP contribution in [0.2, 0.25) is 0 Å². The maximum absolute atomic E-state index is 12.4. The first kappa shape index (κ1) is 14.2. The molecule has 0 radical (unpaired) electrons. The van der Waals surface area contributed by atoms with Gasteiger partial charge in [0.05, 0.1) is 12.1 Å². The average molecular weight is 303 g/mol. The van der Waals surface area contributed by atoms with Crippen molar-refractivity contribution in [1.29, 1.82) is 0 Å². The second-order valence-corrected chi connectivity index (χ2v) is 7.12. The topological polar surface area (TPSA) is 58.4 Å². The maximum atomic E-state index is 12.4. The highest BCUT2D eigenvalue weighted by Gasteiger charge is 2.29. The fraction of sp³-hybridized carbons (Fsp3) is 0.765. The predicted molar refractivity (Wildman–Crippen MR) is 82.6 cm³/mol. The molecular formula is C17H25N3O2. The fourth-order valence-electron chi connectivity index (χ4n) is 3.45. The Balaban J connectivity index is 1.24. The van der Waals surface area contributed by atoms with E-state index in [1.807, 2.05) is 11.0 Å². The van der Waals surface area contributed by atoms with Crippen LogP contribution in [0.25, 0.3) is 0 Å². The highest BCUT2D eigenvalue weighted by Crippen LogP contribution is 2.39. The Morgan fingerprint density at radius 1 is 1.18 bits per heavy atom. The minimum Gasteiger partial charge on any atom is -0.361 e. The molecule has 0 spiro atoms. The number of hydrogen-bond acceptors (Lipinski definition) is 4. The van der Waals surface area contributed by atoms with Crippen LogP contribution in [-0.2, 0) is 11.2 Å². The van der Waals surface area contributed by atoms with E-state index in [-0.39, 0.29) is 5.91 Å². The highest BCUT2D eigenvalue weighted by atomic mass is 16.5. The van der Waals surface area contributed by atoms with Gasteiger partial charge in [0.2, 0.25) is 5.91 Å². The molecule has 0 aromatic carbocycles. The molecule has 3 aliphatic rings. The molecule has 0 unspecified atom stereocenters. The number of rotatable bonds is 5. The number of amides is 1. The summed E-state index contributed by atoms with van der Waals surface area (Å²) in [4.78, 5) is 14.4. The van der Waals surface area contributed by atoms with Gasteiger partial charge < -0.3 is 14.7 Å². The number of carbonyl (C=O) groups is 1. The third kappa shape index (κ3) is 3.19. The molecule has 22 heavy (non-hydrogen) atoms. The van der Waals surface area contributed by atoms with Crippen molar-refractivity contribution in [2.24, 2.45) is 0 Å². The molecule has 0 bridgehead atoms. The summed E-state index contributed by atoms with van der Waals surface area (Å²) in [5.74, 6) is 1.49. The molecular weight excluding hydrogens is 278 g/mol. The van der Waals surface area contributed by atoms with Gasteiger partial charge in [0.15, 0.2) is 0 Å². The van der Waals surface area contributed by atoms with Gasteiger partial charge in [-0.1, -0.05) is 11.6 Å². The summed E-state index contributed by atoms with van der Waals surface area (Å²) in [6.45, 7) is 1.74. The molecule has 1 N–H and O–H groups in total. The van der Waals surface area contributed by atoms with Crippen LogP contribution in [0.4, 0.5) is 0 Å². The largest absolute Gasteiger partial charge is 0.361 e. The normalized spacial score (nSPS) is 23.5. The Labute approximate surface area is 131 Å². The molecule has 4 rings (SSSR count). The number of carbonyl (C=O) groups excluding carboxylic acids is 1. The lowest BCUT2D eigenvalue weighted by Crippen LogP contribution is -2.49. The number of hydrogen-bond donors (Lipinski definition) is 1. The van der Waals surface area contributed by atoms with Gasteiger partial charge in [0, 0.05) is 37.2 Å². The van der Waals surface area contributed by atoms with Gasteiger partial charge in [-0.15, -0.1) is 0 Å². The van der Waals surface area contributed by atoms with Crippen molar-refractivity contribution in [2.75, 3.05) is 13.1 Å². The Morgan fingerprint density at radius 3 is 2.55 bits per heavy atom. The molecule has 1 aromatic rings. The van der Waals surface area contributed by atoms with Crippen LogP contribution in [0.5, 0.6) is 0 Å². The van der Waals surface area contributed by atoms with E-state index in [1.54, 1.807) is 0 Å². The number of likely N-dealkylation sites (tertiary alicyclic amines) is 1. The number of aromatic nitrogens is 1.